The third-order valence-corrected chi connectivity index (χ3v) is 4.45. The molecule has 0 fully saturated rings. The van der Waals surface area contributed by atoms with Gasteiger partial charge >= 0.3 is 6.61 Å². The van der Waals surface area contributed by atoms with Gasteiger partial charge < -0.3 is 14.4 Å². The van der Waals surface area contributed by atoms with Crippen LogP contribution in [0.2, 0.25) is 0 Å². The van der Waals surface area contributed by atoms with E-state index in [0.717, 1.165) is 16.7 Å². The molecule has 150 valence electrons. The van der Waals surface area contributed by atoms with Gasteiger partial charge in [0.1, 0.15) is 0 Å². The Morgan fingerprint density at radius 3 is 2.34 bits per heavy atom. The van der Waals surface area contributed by atoms with E-state index in [-0.39, 0.29) is 24.0 Å². The number of hydrogen-bond donors (Lipinski definition) is 0. The summed E-state index contributed by atoms with van der Waals surface area (Å²) < 4.78 is 34.5. The van der Waals surface area contributed by atoms with Gasteiger partial charge in [0.25, 0.3) is 5.91 Å². The van der Waals surface area contributed by atoms with Crippen LogP contribution in [0.25, 0.3) is 11.1 Å². The lowest BCUT2D eigenvalue weighted by molar-refractivity contribution is -0.0512. The SMILES string of the molecule is COc1cc(CN(C)C(=O)c2ccccc2-c2ccccc2)ccc1OC(F)F. The van der Waals surface area contributed by atoms with Crippen molar-refractivity contribution in [2.24, 2.45) is 0 Å². The zero-order valence-corrected chi connectivity index (χ0v) is 16.1. The molecule has 0 unspecified atom stereocenters. The molecule has 0 spiro atoms. The van der Waals surface area contributed by atoms with E-state index in [1.54, 1.807) is 30.1 Å². The van der Waals surface area contributed by atoms with Crippen LogP contribution in [0.5, 0.6) is 11.5 Å². The molecule has 0 atom stereocenters. The van der Waals surface area contributed by atoms with Gasteiger partial charge in [0, 0.05) is 19.2 Å². The first kappa shape index (κ1) is 20.3. The third kappa shape index (κ3) is 4.90. The number of halogens is 2. The van der Waals surface area contributed by atoms with Crippen molar-refractivity contribution in [2.45, 2.75) is 13.2 Å². The fourth-order valence-electron chi connectivity index (χ4n) is 3.09. The van der Waals surface area contributed by atoms with Crippen molar-refractivity contribution in [3.05, 3.63) is 83.9 Å². The van der Waals surface area contributed by atoms with E-state index in [4.69, 9.17) is 4.74 Å². The van der Waals surface area contributed by atoms with Crippen molar-refractivity contribution in [3.63, 3.8) is 0 Å². The molecule has 0 aliphatic carbocycles. The zero-order valence-electron chi connectivity index (χ0n) is 16.1. The molecule has 0 aromatic heterocycles. The molecular formula is C23H21F2NO3. The Labute approximate surface area is 168 Å². The van der Waals surface area contributed by atoms with Gasteiger partial charge in [0.2, 0.25) is 0 Å². The maximum atomic E-state index is 13.1. The van der Waals surface area contributed by atoms with Gasteiger partial charge in [-0.3, -0.25) is 4.79 Å². The zero-order chi connectivity index (χ0) is 20.8. The Bertz CT molecular complexity index is 977. The predicted octanol–water partition coefficient (Wildman–Crippen LogP) is 5.24. The molecular weight excluding hydrogens is 376 g/mol. The summed E-state index contributed by atoms with van der Waals surface area (Å²) in [6, 6.07) is 21.8. The number of benzene rings is 3. The summed E-state index contributed by atoms with van der Waals surface area (Å²) in [5.41, 5.74) is 3.13. The van der Waals surface area contributed by atoms with Gasteiger partial charge in [-0.15, -0.1) is 0 Å². The minimum Gasteiger partial charge on any atom is -0.493 e. The fraction of sp³-hybridized carbons (Fsp3) is 0.174. The van der Waals surface area contributed by atoms with Crippen molar-refractivity contribution in [1.29, 1.82) is 0 Å². The largest absolute Gasteiger partial charge is 0.493 e. The van der Waals surface area contributed by atoms with Crippen LogP contribution in [-0.2, 0) is 6.54 Å². The van der Waals surface area contributed by atoms with Crippen molar-refractivity contribution >= 4 is 5.91 Å². The first-order valence-corrected chi connectivity index (χ1v) is 9.01. The number of amides is 1. The monoisotopic (exact) mass is 397 g/mol. The first-order chi connectivity index (χ1) is 14.0. The number of alkyl halides is 2. The number of nitrogens with zero attached hydrogens (tertiary/aromatic N) is 1. The van der Waals surface area contributed by atoms with Gasteiger partial charge in [-0.2, -0.15) is 8.78 Å². The van der Waals surface area contributed by atoms with Crippen molar-refractivity contribution in [1.82, 2.24) is 4.90 Å². The average molecular weight is 397 g/mol. The molecule has 0 N–H and O–H groups in total. The third-order valence-electron chi connectivity index (χ3n) is 4.45. The summed E-state index contributed by atoms with van der Waals surface area (Å²) in [4.78, 5) is 14.7. The van der Waals surface area contributed by atoms with Crippen LogP contribution in [0.3, 0.4) is 0 Å². The number of hydrogen-bond acceptors (Lipinski definition) is 3. The van der Waals surface area contributed by atoms with Gasteiger partial charge in [-0.25, -0.2) is 0 Å². The standard InChI is InChI=1S/C23H21F2NO3/c1-26(15-16-12-13-20(29-23(24)25)21(14-16)28-2)22(27)19-11-7-6-10-18(19)17-8-4-3-5-9-17/h3-14,23H,15H2,1-2H3. The molecule has 3 aromatic rings. The lowest BCUT2D eigenvalue weighted by Crippen LogP contribution is -2.26. The number of methoxy groups -OCH3 is 1. The molecule has 1 amide bonds. The van der Waals surface area contributed by atoms with Crippen LogP contribution in [0, 0.1) is 0 Å². The Hall–Kier alpha value is -3.41. The van der Waals surface area contributed by atoms with Crippen molar-refractivity contribution in [2.75, 3.05) is 14.2 Å². The molecule has 6 heteroatoms. The van der Waals surface area contributed by atoms with Crippen LogP contribution >= 0.6 is 0 Å². The summed E-state index contributed by atoms with van der Waals surface area (Å²) in [6.07, 6.45) is 0. The summed E-state index contributed by atoms with van der Waals surface area (Å²) >= 11 is 0. The number of rotatable bonds is 7. The molecule has 29 heavy (non-hydrogen) atoms. The maximum absolute atomic E-state index is 13.1. The summed E-state index contributed by atoms with van der Waals surface area (Å²) in [5, 5.41) is 0. The molecule has 0 aliphatic rings. The Kier molecular flexibility index (Phi) is 6.44. The first-order valence-electron chi connectivity index (χ1n) is 9.01. The lowest BCUT2D eigenvalue weighted by atomic mass is 9.99. The number of carbonyl (C=O) groups excluding carboxylic acids is 1. The second-order valence-electron chi connectivity index (χ2n) is 6.44. The quantitative estimate of drug-likeness (QED) is 0.548. The van der Waals surface area contributed by atoms with Gasteiger partial charge in [-0.05, 0) is 34.9 Å². The van der Waals surface area contributed by atoms with Gasteiger partial charge in [0.15, 0.2) is 11.5 Å². The van der Waals surface area contributed by atoms with E-state index in [1.165, 1.54) is 13.2 Å². The van der Waals surface area contributed by atoms with Crippen LogP contribution < -0.4 is 9.47 Å². The highest BCUT2D eigenvalue weighted by atomic mass is 19.3. The van der Waals surface area contributed by atoms with Crippen molar-refractivity contribution < 1.29 is 23.0 Å². The smallest absolute Gasteiger partial charge is 0.387 e. The summed E-state index contributed by atoms with van der Waals surface area (Å²) in [5.74, 6) is -0.000635. The Morgan fingerprint density at radius 2 is 1.66 bits per heavy atom. The maximum Gasteiger partial charge on any atom is 0.387 e. The van der Waals surface area contributed by atoms with E-state index >= 15 is 0 Å². The van der Waals surface area contributed by atoms with Crippen molar-refractivity contribution in [3.8, 4) is 22.6 Å². The average Bonchev–Trinajstić information content (AvgIpc) is 2.74. The molecule has 3 rings (SSSR count). The fourth-order valence-corrected chi connectivity index (χ4v) is 3.09. The number of carbonyl (C=O) groups is 1. The molecule has 4 nitrogen and oxygen atoms in total. The molecule has 0 heterocycles. The number of ether oxygens (including phenoxy) is 2. The highest BCUT2D eigenvalue weighted by molar-refractivity contribution is 6.00. The van der Waals surface area contributed by atoms with Crippen LogP contribution in [0.1, 0.15) is 15.9 Å². The highest BCUT2D eigenvalue weighted by Crippen LogP contribution is 2.30. The minimum atomic E-state index is -2.94. The highest BCUT2D eigenvalue weighted by Gasteiger charge is 2.18. The van der Waals surface area contributed by atoms with Gasteiger partial charge in [-0.1, -0.05) is 54.6 Å². The summed E-state index contributed by atoms with van der Waals surface area (Å²) in [7, 11) is 3.07. The van der Waals surface area contributed by atoms with E-state index in [0.29, 0.717) is 5.56 Å². The Morgan fingerprint density at radius 1 is 0.966 bits per heavy atom. The van der Waals surface area contributed by atoms with E-state index < -0.39 is 6.61 Å². The molecule has 0 saturated heterocycles. The molecule has 0 radical (unpaired) electrons. The predicted molar refractivity (Wildman–Crippen MR) is 107 cm³/mol. The van der Waals surface area contributed by atoms with Crippen LogP contribution in [-0.4, -0.2) is 31.6 Å². The second-order valence-corrected chi connectivity index (χ2v) is 6.44. The minimum absolute atomic E-state index is 0.0466. The molecule has 0 saturated carbocycles. The lowest BCUT2D eigenvalue weighted by Gasteiger charge is -2.20. The Balaban J connectivity index is 1.82. The summed E-state index contributed by atoms with van der Waals surface area (Å²) in [6.45, 7) is -2.65. The topological polar surface area (TPSA) is 38.8 Å². The van der Waals surface area contributed by atoms with E-state index in [1.807, 2.05) is 48.5 Å². The van der Waals surface area contributed by atoms with Gasteiger partial charge in [0.05, 0.1) is 7.11 Å². The van der Waals surface area contributed by atoms with Crippen LogP contribution in [0.15, 0.2) is 72.8 Å². The van der Waals surface area contributed by atoms with E-state index in [9.17, 15) is 13.6 Å². The molecule has 3 aromatic carbocycles. The molecule has 0 aliphatic heterocycles. The second kappa shape index (κ2) is 9.19. The van der Waals surface area contributed by atoms with Crippen LogP contribution in [0.4, 0.5) is 8.78 Å². The normalized spacial score (nSPS) is 10.7. The molecule has 0 bridgehead atoms. The van der Waals surface area contributed by atoms with E-state index in [2.05, 4.69) is 4.74 Å².